The second kappa shape index (κ2) is 8.50. The molecule has 23 heavy (non-hydrogen) atoms. The Morgan fingerprint density at radius 2 is 1.91 bits per heavy atom. The Morgan fingerprint density at radius 1 is 1.13 bits per heavy atom. The lowest BCUT2D eigenvalue weighted by Crippen LogP contribution is -2.23. The number of ether oxygens (including phenoxy) is 2. The fraction of sp³-hybridized carbons (Fsp3) is 0.125. The van der Waals surface area contributed by atoms with Gasteiger partial charge in [-0.2, -0.15) is 5.10 Å². The summed E-state index contributed by atoms with van der Waals surface area (Å²) in [5, 5.41) is 7.55. The van der Waals surface area contributed by atoms with E-state index in [-0.39, 0.29) is 0 Å². The van der Waals surface area contributed by atoms with Crippen LogP contribution in [0.5, 0.6) is 11.5 Å². The Balaban J connectivity index is 1.94. The Kier molecular flexibility index (Phi) is 6.37. The molecule has 0 aliphatic heterocycles. The zero-order chi connectivity index (χ0) is 16.7. The molecule has 0 fully saturated rings. The number of nitrogens with one attached hydrogen (secondary N) is 2. The summed E-state index contributed by atoms with van der Waals surface area (Å²) < 4.78 is 11.4. The molecule has 0 aliphatic carbocycles. The molecule has 0 amide bonds. The predicted octanol–water partition coefficient (Wildman–Crippen LogP) is 3.79. The summed E-state index contributed by atoms with van der Waals surface area (Å²) in [5.41, 5.74) is 4.50. The van der Waals surface area contributed by atoms with Crippen molar-refractivity contribution in [3.05, 3.63) is 52.5 Å². The standard InChI is InChI=1S/C16H16BrN3O2S/c1-21-14-7-6-11(8-15(14)22-2)10-18-20-16(23)19-13-5-3-4-12(17)9-13/h3-10H,1-2H3,(H2,19,20,23)/b18-10-. The van der Waals surface area contributed by atoms with Gasteiger partial charge in [0.25, 0.3) is 0 Å². The Labute approximate surface area is 148 Å². The number of hydrazone groups is 1. The van der Waals surface area contributed by atoms with Gasteiger partial charge >= 0.3 is 0 Å². The van der Waals surface area contributed by atoms with Gasteiger partial charge in [0.2, 0.25) is 0 Å². The van der Waals surface area contributed by atoms with Crippen molar-refractivity contribution < 1.29 is 9.47 Å². The summed E-state index contributed by atoms with van der Waals surface area (Å²) >= 11 is 8.59. The molecule has 0 aromatic heterocycles. The summed E-state index contributed by atoms with van der Waals surface area (Å²) in [5.74, 6) is 1.32. The first kappa shape index (κ1) is 17.2. The first-order valence-electron chi connectivity index (χ1n) is 6.70. The number of methoxy groups -OCH3 is 2. The number of thiocarbonyl (C=S) groups is 1. The van der Waals surface area contributed by atoms with E-state index in [4.69, 9.17) is 21.7 Å². The Bertz CT molecular complexity index is 722. The quantitative estimate of drug-likeness (QED) is 0.459. The summed E-state index contributed by atoms with van der Waals surface area (Å²) in [4.78, 5) is 0. The molecular formula is C16H16BrN3O2S. The predicted molar refractivity (Wildman–Crippen MR) is 101 cm³/mol. The third-order valence-corrected chi connectivity index (χ3v) is 3.56. The van der Waals surface area contributed by atoms with Crippen molar-refractivity contribution in [1.82, 2.24) is 5.43 Å². The fourth-order valence-corrected chi connectivity index (χ4v) is 2.39. The maximum atomic E-state index is 5.24. The average Bonchev–Trinajstić information content (AvgIpc) is 2.54. The number of anilines is 1. The lowest BCUT2D eigenvalue weighted by Gasteiger charge is -2.08. The molecule has 7 heteroatoms. The van der Waals surface area contributed by atoms with Crippen molar-refractivity contribution in [2.45, 2.75) is 0 Å². The lowest BCUT2D eigenvalue weighted by molar-refractivity contribution is 0.355. The highest BCUT2D eigenvalue weighted by atomic mass is 79.9. The number of rotatable bonds is 5. The van der Waals surface area contributed by atoms with Crippen LogP contribution < -0.4 is 20.2 Å². The molecule has 2 aromatic rings. The summed E-state index contributed by atoms with van der Waals surface area (Å²) in [7, 11) is 3.19. The number of benzene rings is 2. The van der Waals surface area contributed by atoms with Crippen molar-refractivity contribution in [2.24, 2.45) is 5.10 Å². The molecule has 0 bridgehead atoms. The summed E-state index contributed by atoms with van der Waals surface area (Å²) in [6, 6.07) is 13.2. The first-order chi connectivity index (χ1) is 11.1. The van der Waals surface area contributed by atoms with E-state index in [0.29, 0.717) is 16.6 Å². The zero-order valence-electron chi connectivity index (χ0n) is 12.7. The van der Waals surface area contributed by atoms with Crippen LogP contribution in [0.1, 0.15) is 5.56 Å². The van der Waals surface area contributed by atoms with Crippen LogP contribution in [0.15, 0.2) is 52.0 Å². The first-order valence-corrected chi connectivity index (χ1v) is 7.90. The van der Waals surface area contributed by atoms with E-state index < -0.39 is 0 Å². The van der Waals surface area contributed by atoms with Crippen molar-refractivity contribution in [3.63, 3.8) is 0 Å². The van der Waals surface area contributed by atoms with Gasteiger partial charge in [-0.1, -0.05) is 22.0 Å². The highest BCUT2D eigenvalue weighted by Crippen LogP contribution is 2.26. The third-order valence-electron chi connectivity index (χ3n) is 2.87. The molecule has 0 aliphatic rings. The number of hydrogen-bond acceptors (Lipinski definition) is 4. The molecule has 2 N–H and O–H groups in total. The van der Waals surface area contributed by atoms with Gasteiger partial charge in [-0.25, -0.2) is 0 Å². The van der Waals surface area contributed by atoms with Gasteiger partial charge in [-0.05, 0) is 54.2 Å². The summed E-state index contributed by atoms with van der Waals surface area (Å²) in [6.45, 7) is 0. The summed E-state index contributed by atoms with van der Waals surface area (Å²) in [6.07, 6.45) is 1.65. The number of hydrogen-bond donors (Lipinski definition) is 2. The van der Waals surface area contributed by atoms with Gasteiger partial charge in [0.05, 0.1) is 20.4 Å². The van der Waals surface area contributed by atoms with Gasteiger partial charge < -0.3 is 14.8 Å². The molecule has 5 nitrogen and oxygen atoms in total. The minimum atomic E-state index is 0.403. The van der Waals surface area contributed by atoms with Crippen molar-refractivity contribution >= 4 is 45.2 Å². The van der Waals surface area contributed by atoms with Crippen LogP contribution in [0.25, 0.3) is 0 Å². The molecule has 2 aromatic carbocycles. The molecule has 0 radical (unpaired) electrons. The van der Waals surface area contributed by atoms with Gasteiger partial charge in [0.15, 0.2) is 16.6 Å². The van der Waals surface area contributed by atoms with Gasteiger partial charge in [-0.15, -0.1) is 0 Å². The second-order valence-corrected chi connectivity index (χ2v) is 5.77. The molecule has 0 spiro atoms. The molecule has 0 atom stereocenters. The highest BCUT2D eigenvalue weighted by Gasteiger charge is 2.03. The van der Waals surface area contributed by atoms with Crippen molar-refractivity contribution in [2.75, 3.05) is 19.5 Å². The zero-order valence-corrected chi connectivity index (χ0v) is 15.1. The van der Waals surface area contributed by atoms with Gasteiger partial charge in [0.1, 0.15) is 0 Å². The lowest BCUT2D eigenvalue weighted by atomic mass is 10.2. The van der Waals surface area contributed by atoms with E-state index in [2.05, 4.69) is 31.8 Å². The van der Waals surface area contributed by atoms with Crippen LogP contribution in [0.2, 0.25) is 0 Å². The van der Waals surface area contributed by atoms with E-state index >= 15 is 0 Å². The van der Waals surface area contributed by atoms with E-state index in [1.807, 2.05) is 42.5 Å². The van der Waals surface area contributed by atoms with Crippen molar-refractivity contribution in [3.8, 4) is 11.5 Å². The number of halogens is 1. The Morgan fingerprint density at radius 3 is 2.61 bits per heavy atom. The number of nitrogens with zero attached hydrogens (tertiary/aromatic N) is 1. The minimum absolute atomic E-state index is 0.403. The second-order valence-electron chi connectivity index (χ2n) is 4.45. The topological polar surface area (TPSA) is 54.9 Å². The van der Waals surface area contributed by atoms with Crippen LogP contribution >= 0.6 is 28.1 Å². The maximum Gasteiger partial charge on any atom is 0.191 e. The minimum Gasteiger partial charge on any atom is -0.493 e. The SMILES string of the molecule is COc1ccc(/C=N\NC(=S)Nc2cccc(Br)c2)cc1OC. The van der Waals surface area contributed by atoms with E-state index in [1.165, 1.54) is 0 Å². The van der Waals surface area contributed by atoms with Crippen LogP contribution in [-0.2, 0) is 0 Å². The Hall–Kier alpha value is -2.12. The molecule has 0 saturated carbocycles. The molecular weight excluding hydrogens is 378 g/mol. The van der Waals surface area contributed by atoms with E-state index in [0.717, 1.165) is 15.7 Å². The third kappa shape index (κ3) is 5.22. The normalized spacial score (nSPS) is 10.4. The monoisotopic (exact) mass is 393 g/mol. The highest BCUT2D eigenvalue weighted by molar-refractivity contribution is 9.10. The largest absolute Gasteiger partial charge is 0.493 e. The van der Waals surface area contributed by atoms with Gasteiger partial charge in [0, 0.05) is 10.2 Å². The van der Waals surface area contributed by atoms with Gasteiger partial charge in [-0.3, -0.25) is 5.43 Å². The van der Waals surface area contributed by atoms with Crippen LogP contribution in [0.4, 0.5) is 5.69 Å². The van der Waals surface area contributed by atoms with Crippen LogP contribution in [-0.4, -0.2) is 25.5 Å². The van der Waals surface area contributed by atoms with Crippen LogP contribution in [0, 0.1) is 0 Å². The molecule has 0 saturated heterocycles. The van der Waals surface area contributed by atoms with E-state index in [9.17, 15) is 0 Å². The molecule has 0 unspecified atom stereocenters. The van der Waals surface area contributed by atoms with Crippen molar-refractivity contribution in [1.29, 1.82) is 0 Å². The molecule has 120 valence electrons. The maximum absolute atomic E-state index is 5.24. The fourth-order valence-electron chi connectivity index (χ4n) is 1.82. The molecule has 0 heterocycles. The van der Waals surface area contributed by atoms with Crippen LogP contribution in [0.3, 0.4) is 0 Å². The van der Waals surface area contributed by atoms with E-state index in [1.54, 1.807) is 20.4 Å². The smallest absolute Gasteiger partial charge is 0.191 e. The molecule has 2 rings (SSSR count). The average molecular weight is 394 g/mol.